The van der Waals surface area contributed by atoms with E-state index in [1.807, 2.05) is 6.92 Å². The number of ether oxygens (including phenoxy) is 2. The first-order valence-corrected chi connectivity index (χ1v) is 10.8. The van der Waals surface area contributed by atoms with Gasteiger partial charge in [-0.1, -0.05) is 23.7 Å². The van der Waals surface area contributed by atoms with Gasteiger partial charge in [0, 0.05) is 23.7 Å². The van der Waals surface area contributed by atoms with Gasteiger partial charge < -0.3 is 19.5 Å². The highest BCUT2D eigenvalue weighted by molar-refractivity contribution is 6.46. The van der Waals surface area contributed by atoms with Crippen LogP contribution in [0, 0.1) is 0 Å². The largest absolute Gasteiger partial charge is 0.507 e. The van der Waals surface area contributed by atoms with Crippen molar-refractivity contribution in [1.82, 2.24) is 4.90 Å². The summed E-state index contributed by atoms with van der Waals surface area (Å²) in [6.45, 7) is 3.34. The Kier molecular flexibility index (Phi) is 6.30. The maximum absolute atomic E-state index is 13.0. The zero-order chi connectivity index (χ0) is 22.0. The first-order chi connectivity index (χ1) is 15.0. The molecular formula is C24H24ClNO5. The fraction of sp³-hybridized carbons (Fsp3) is 0.333. The molecule has 2 fully saturated rings. The van der Waals surface area contributed by atoms with Gasteiger partial charge in [0.05, 0.1) is 24.3 Å². The van der Waals surface area contributed by atoms with E-state index in [0.717, 1.165) is 12.8 Å². The molecule has 0 saturated carbocycles. The molecule has 1 amide bonds. The van der Waals surface area contributed by atoms with E-state index in [2.05, 4.69) is 0 Å². The summed E-state index contributed by atoms with van der Waals surface area (Å²) in [5.41, 5.74) is 1.21. The average Bonchev–Trinajstić information content (AvgIpc) is 3.37. The van der Waals surface area contributed by atoms with Crippen LogP contribution < -0.4 is 4.74 Å². The van der Waals surface area contributed by atoms with Crippen molar-refractivity contribution in [3.63, 3.8) is 0 Å². The van der Waals surface area contributed by atoms with Crippen molar-refractivity contribution in [2.24, 2.45) is 0 Å². The number of rotatable bonds is 6. The van der Waals surface area contributed by atoms with Crippen LogP contribution in [0.2, 0.25) is 5.02 Å². The number of Topliss-reactive ketones (excluding diaryl/α,β-unsaturated/α-hetero) is 1. The molecule has 1 N–H and O–H groups in total. The number of ketones is 1. The van der Waals surface area contributed by atoms with E-state index in [-0.39, 0.29) is 24.0 Å². The molecule has 6 nitrogen and oxygen atoms in total. The second-order valence-corrected chi connectivity index (χ2v) is 8.03. The number of aliphatic hydroxyl groups is 1. The molecule has 0 radical (unpaired) electrons. The van der Waals surface area contributed by atoms with Gasteiger partial charge in [-0.05, 0) is 61.7 Å². The third-order valence-electron chi connectivity index (χ3n) is 5.59. The molecule has 0 aromatic heterocycles. The Hall–Kier alpha value is -2.83. The number of nitrogens with zero attached hydrogens (tertiary/aromatic N) is 1. The van der Waals surface area contributed by atoms with E-state index in [1.165, 1.54) is 4.90 Å². The Balaban J connectivity index is 1.77. The fourth-order valence-corrected chi connectivity index (χ4v) is 4.22. The summed E-state index contributed by atoms with van der Waals surface area (Å²) in [6.07, 6.45) is 1.63. The average molecular weight is 442 g/mol. The van der Waals surface area contributed by atoms with Crippen molar-refractivity contribution in [2.75, 3.05) is 19.8 Å². The lowest BCUT2D eigenvalue weighted by Gasteiger charge is -2.27. The quantitative estimate of drug-likeness (QED) is 0.410. The third kappa shape index (κ3) is 4.31. The van der Waals surface area contributed by atoms with Gasteiger partial charge in [0.2, 0.25) is 0 Å². The van der Waals surface area contributed by atoms with Crippen LogP contribution in [0.4, 0.5) is 0 Å². The summed E-state index contributed by atoms with van der Waals surface area (Å²) in [6, 6.07) is 13.0. The first kappa shape index (κ1) is 21.4. The topological polar surface area (TPSA) is 76.1 Å². The van der Waals surface area contributed by atoms with Crippen molar-refractivity contribution in [1.29, 1.82) is 0 Å². The molecule has 2 aliphatic rings. The van der Waals surface area contributed by atoms with Crippen LogP contribution in [-0.2, 0) is 14.3 Å². The predicted molar refractivity (Wildman–Crippen MR) is 117 cm³/mol. The SMILES string of the molecule is CCOc1ccc(/C(O)=C2/C(=O)C(=O)N(CC3CCCO3)C2c2ccc(Cl)cc2)cc1. The van der Waals surface area contributed by atoms with E-state index in [1.54, 1.807) is 48.5 Å². The molecule has 0 bridgehead atoms. The van der Waals surface area contributed by atoms with Gasteiger partial charge in [-0.25, -0.2) is 0 Å². The van der Waals surface area contributed by atoms with Crippen LogP contribution in [0.1, 0.15) is 36.9 Å². The number of halogens is 1. The molecule has 7 heteroatoms. The van der Waals surface area contributed by atoms with Gasteiger partial charge >= 0.3 is 0 Å². The van der Waals surface area contributed by atoms with Gasteiger partial charge in [0.25, 0.3) is 11.7 Å². The van der Waals surface area contributed by atoms with Crippen molar-refractivity contribution >= 4 is 29.1 Å². The molecule has 2 aliphatic heterocycles. The Labute approximate surface area is 186 Å². The second-order valence-electron chi connectivity index (χ2n) is 7.60. The molecule has 0 spiro atoms. The normalized spacial score (nSPS) is 22.8. The molecule has 2 aromatic rings. The number of hydrogen-bond acceptors (Lipinski definition) is 5. The van der Waals surface area contributed by atoms with Crippen molar-refractivity contribution in [3.05, 3.63) is 70.3 Å². The number of carbonyl (C=O) groups excluding carboxylic acids is 2. The number of likely N-dealkylation sites (tertiary alicyclic amines) is 1. The lowest BCUT2D eigenvalue weighted by molar-refractivity contribution is -0.140. The molecule has 2 atom stereocenters. The Morgan fingerprint density at radius 1 is 1.16 bits per heavy atom. The summed E-state index contributed by atoms with van der Waals surface area (Å²) in [7, 11) is 0. The lowest BCUT2D eigenvalue weighted by Crippen LogP contribution is -2.36. The van der Waals surface area contributed by atoms with Crippen molar-refractivity contribution in [2.45, 2.75) is 31.9 Å². The molecular weight excluding hydrogens is 418 g/mol. The summed E-state index contributed by atoms with van der Waals surface area (Å²) in [4.78, 5) is 27.5. The number of hydrogen-bond donors (Lipinski definition) is 1. The van der Waals surface area contributed by atoms with Gasteiger partial charge in [0.15, 0.2) is 0 Å². The standard InChI is InChI=1S/C24H24ClNO5/c1-2-30-18-11-7-16(8-12-18)22(27)20-21(15-5-9-17(25)10-6-15)26(24(29)23(20)28)14-19-4-3-13-31-19/h5-12,19,21,27H,2-4,13-14H2,1H3/b22-20-. The van der Waals surface area contributed by atoms with Gasteiger partial charge in [0.1, 0.15) is 11.5 Å². The van der Waals surface area contributed by atoms with Crippen molar-refractivity contribution < 1.29 is 24.2 Å². The van der Waals surface area contributed by atoms with Gasteiger partial charge in [-0.15, -0.1) is 0 Å². The van der Waals surface area contributed by atoms with E-state index >= 15 is 0 Å². The molecule has 2 aromatic carbocycles. The van der Waals surface area contributed by atoms with Crippen LogP contribution in [0.15, 0.2) is 54.1 Å². The zero-order valence-electron chi connectivity index (χ0n) is 17.2. The van der Waals surface area contributed by atoms with Crippen LogP contribution >= 0.6 is 11.6 Å². The van der Waals surface area contributed by atoms with E-state index in [0.29, 0.717) is 35.1 Å². The van der Waals surface area contributed by atoms with Crippen LogP contribution in [0.3, 0.4) is 0 Å². The van der Waals surface area contributed by atoms with Crippen LogP contribution in [0.25, 0.3) is 5.76 Å². The fourth-order valence-electron chi connectivity index (χ4n) is 4.10. The summed E-state index contributed by atoms with van der Waals surface area (Å²) in [5.74, 6) is -0.893. The van der Waals surface area contributed by atoms with Crippen molar-refractivity contribution in [3.8, 4) is 5.75 Å². The lowest BCUT2D eigenvalue weighted by atomic mass is 9.95. The minimum Gasteiger partial charge on any atom is -0.507 e. The second kappa shape index (κ2) is 9.12. The Morgan fingerprint density at radius 2 is 1.87 bits per heavy atom. The zero-order valence-corrected chi connectivity index (χ0v) is 18.0. The van der Waals surface area contributed by atoms with E-state index in [4.69, 9.17) is 21.1 Å². The third-order valence-corrected chi connectivity index (χ3v) is 5.84. The molecule has 31 heavy (non-hydrogen) atoms. The molecule has 4 rings (SSSR count). The number of aliphatic hydroxyl groups excluding tert-OH is 1. The summed E-state index contributed by atoms with van der Waals surface area (Å²) < 4.78 is 11.1. The summed E-state index contributed by atoms with van der Waals surface area (Å²) >= 11 is 6.04. The minimum atomic E-state index is -0.715. The highest BCUT2D eigenvalue weighted by atomic mass is 35.5. The van der Waals surface area contributed by atoms with E-state index in [9.17, 15) is 14.7 Å². The molecule has 2 heterocycles. The Morgan fingerprint density at radius 3 is 2.48 bits per heavy atom. The maximum atomic E-state index is 13.0. The number of benzene rings is 2. The summed E-state index contributed by atoms with van der Waals surface area (Å²) in [5, 5.41) is 11.6. The molecule has 2 saturated heterocycles. The molecule has 0 aliphatic carbocycles. The molecule has 2 unspecified atom stereocenters. The smallest absolute Gasteiger partial charge is 0.295 e. The monoisotopic (exact) mass is 441 g/mol. The van der Waals surface area contributed by atoms with E-state index < -0.39 is 17.7 Å². The Bertz CT molecular complexity index is 994. The molecule has 162 valence electrons. The predicted octanol–water partition coefficient (Wildman–Crippen LogP) is 4.34. The number of amides is 1. The van der Waals surface area contributed by atoms with Crippen LogP contribution in [-0.4, -0.2) is 47.6 Å². The first-order valence-electron chi connectivity index (χ1n) is 10.4. The van der Waals surface area contributed by atoms with Gasteiger partial charge in [-0.2, -0.15) is 0 Å². The minimum absolute atomic E-state index is 0.0643. The number of carbonyl (C=O) groups is 2. The highest BCUT2D eigenvalue weighted by Gasteiger charge is 2.47. The maximum Gasteiger partial charge on any atom is 0.295 e. The van der Waals surface area contributed by atoms with Crippen LogP contribution in [0.5, 0.6) is 5.75 Å². The van der Waals surface area contributed by atoms with Gasteiger partial charge in [-0.3, -0.25) is 9.59 Å². The highest BCUT2D eigenvalue weighted by Crippen LogP contribution is 2.40.